The number of allylic oxidation sites excluding steroid dienone is 1. The Morgan fingerprint density at radius 2 is 1.56 bits per heavy atom. The molecule has 0 spiro atoms. The molecule has 7 nitrogen and oxygen atoms in total. The predicted molar refractivity (Wildman–Crippen MR) is 128 cm³/mol. The Morgan fingerprint density at radius 1 is 0.938 bits per heavy atom. The van der Waals surface area contributed by atoms with Crippen LogP contribution in [-0.4, -0.2) is 34.3 Å². The van der Waals surface area contributed by atoms with Crippen LogP contribution in [0, 0.1) is 0 Å². The second-order valence-electron chi connectivity index (χ2n) is 7.83. The van der Waals surface area contributed by atoms with Gasteiger partial charge >= 0.3 is 10.4 Å². The minimum Gasteiger partial charge on any atom is -0.490 e. The fraction of sp³-hybridized carbons (Fsp3) is 0.667. The van der Waals surface area contributed by atoms with E-state index in [-0.39, 0.29) is 13.2 Å². The molecule has 32 heavy (non-hydrogen) atoms. The lowest BCUT2D eigenvalue weighted by Gasteiger charge is -2.18. The molecule has 0 fully saturated rings. The summed E-state index contributed by atoms with van der Waals surface area (Å²) in [4.78, 5) is 0. The number of benzene rings is 1. The summed E-state index contributed by atoms with van der Waals surface area (Å²) in [7, 11) is -4.31. The Hall–Kier alpha value is -1.45. The van der Waals surface area contributed by atoms with E-state index < -0.39 is 16.5 Å². The summed E-state index contributed by atoms with van der Waals surface area (Å²) >= 11 is 0. The number of hydrogen-bond acceptors (Lipinski definition) is 7. The van der Waals surface area contributed by atoms with E-state index in [2.05, 4.69) is 11.2 Å². The van der Waals surface area contributed by atoms with Crippen LogP contribution >= 0.6 is 0 Å². The Labute approximate surface area is 194 Å². The first kappa shape index (κ1) is 28.6. The number of rotatable bonds is 20. The van der Waals surface area contributed by atoms with E-state index >= 15 is 0 Å². The molecule has 1 aromatic carbocycles. The van der Waals surface area contributed by atoms with Gasteiger partial charge in [-0.2, -0.15) is 18.6 Å². The lowest BCUT2D eigenvalue weighted by atomic mass is 10.1. The van der Waals surface area contributed by atoms with Crippen LogP contribution in [0.15, 0.2) is 30.3 Å². The van der Waals surface area contributed by atoms with Crippen molar-refractivity contribution in [3.63, 3.8) is 0 Å². The van der Waals surface area contributed by atoms with Crippen LogP contribution in [0.2, 0.25) is 0 Å². The van der Waals surface area contributed by atoms with E-state index in [1.807, 2.05) is 43.3 Å². The topological polar surface area (TPSA) is 97.1 Å². The Balaban J connectivity index is 2.33. The molecule has 184 valence electrons. The van der Waals surface area contributed by atoms with Gasteiger partial charge in [0.1, 0.15) is 18.5 Å². The van der Waals surface area contributed by atoms with Gasteiger partial charge in [0.05, 0.1) is 6.61 Å². The summed E-state index contributed by atoms with van der Waals surface area (Å²) in [6.07, 6.45) is 15.3. The Kier molecular flexibility index (Phi) is 16.1. The monoisotopic (exact) mass is 471 g/mol. The van der Waals surface area contributed by atoms with Crippen LogP contribution < -0.4 is 10.6 Å². The molecular formula is C24H41NO6S. The number of unbranched alkanes of at least 4 members (excludes halogenated alkanes) is 9. The summed E-state index contributed by atoms with van der Waals surface area (Å²) in [5.74, 6) is 5.41. The largest absolute Gasteiger partial charge is 0.490 e. The first-order valence-corrected chi connectivity index (χ1v) is 13.1. The predicted octanol–water partition coefficient (Wildman–Crippen LogP) is 5.56. The molecule has 8 heteroatoms. The molecule has 0 heterocycles. The first-order valence-electron chi connectivity index (χ1n) is 11.8. The van der Waals surface area contributed by atoms with Crippen LogP contribution in [0.3, 0.4) is 0 Å². The van der Waals surface area contributed by atoms with Gasteiger partial charge in [0.15, 0.2) is 0 Å². The number of nitrogens with two attached hydrogens (primary N) is 1. The maximum Gasteiger partial charge on any atom is 0.416 e. The van der Waals surface area contributed by atoms with E-state index in [0.29, 0.717) is 12.4 Å². The first-order chi connectivity index (χ1) is 15.5. The van der Waals surface area contributed by atoms with Gasteiger partial charge in [0.25, 0.3) is 0 Å². The van der Waals surface area contributed by atoms with Crippen LogP contribution in [-0.2, 0) is 23.6 Å². The van der Waals surface area contributed by atoms with Gasteiger partial charge in [-0.1, -0.05) is 95.1 Å². The molecule has 0 aliphatic heterocycles. The van der Waals surface area contributed by atoms with Crippen molar-refractivity contribution < 1.29 is 26.4 Å². The molecule has 0 bridgehead atoms. The summed E-state index contributed by atoms with van der Waals surface area (Å²) in [6, 6.07) is 7.47. The fourth-order valence-corrected chi connectivity index (χ4v) is 3.80. The maximum atomic E-state index is 11.6. The molecule has 0 saturated carbocycles. The number of para-hydroxylation sites is 1. The average Bonchev–Trinajstić information content (AvgIpc) is 2.79. The fourth-order valence-electron chi connectivity index (χ4n) is 3.31. The van der Waals surface area contributed by atoms with Crippen molar-refractivity contribution in [2.75, 3.05) is 19.8 Å². The Morgan fingerprint density at radius 3 is 2.19 bits per heavy atom. The normalized spacial score (nSPS) is 13.0. The molecule has 1 unspecified atom stereocenters. The van der Waals surface area contributed by atoms with Gasteiger partial charge in [-0.25, -0.2) is 4.18 Å². The molecule has 0 radical (unpaired) electrons. The molecule has 1 atom stereocenters. The van der Waals surface area contributed by atoms with Crippen molar-refractivity contribution >= 4 is 16.5 Å². The minimum absolute atomic E-state index is 0.0187. The van der Waals surface area contributed by atoms with Gasteiger partial charge < -0.3 is 9.47 Å². The van der Waals surface area contributed by atoms with Crippen molar-refractivity contribution in [2.45, 2.75) is 84.2 Å². The van der Waals surface area contributed by atoms with Crippen molar-refractivity contribution in [1.29, 1.82) is 0 Å². The highest BCUT2D eigenvalue weighted by Crippen LogP contribution is 2.20. The molecule has 2 N–H and O–H groups in total. The zero-order valence-electron chi connectivity index (χ0n) is 19.7. The van der Waals surface area contributed by atoms with Crippen LogP contribution in [0.25, 0.3) is 6.08 Å². The molecule has 0 aliphatic carbocycles. The lowest BCUT2D eigenvalue weighted by molar-refractivity contribution is 0.0187. The summed E-state index contributed by atoms with van der Waals surface area (Å²) in [5, 5.41) is 0. The molecule has 0 aromatic heterocycles. The Bertz CT molecular complexity index is 723. The van der Waals surface area contributed by atoms with E-state index in [1.54, 1.807) is 0 Å². The molecule has 1 rings (SSSR count). The van der Waals surface area contributed by atoms with Gasteiger partial charge in [-0.15, -0.1) is 0 Å². The highest BCUT2D eigenvalue weighted by molar-refractivity contribution is 7.81. The highest BCUT2D eigenvalue weighted by Gasteiger charge is 2.21. The average molecular weight is 472 g/mol. The summed E-state index contributed by atoms with van der Waals surface area (Å²) < 4.78 is 43.6. The number of ether oxygens (including phenoxy) is 2. The third-order valence-corrected chi connectivity index (χ3v) is 5.75. The van der Waals surface area contributed by atoms with E-state index in [0.717, 1.165) is 18.4 Å². The lowest BCUT2D eigenvalue weighted by Crippen LogP contribution is -2.31. The maximum absolute atomic E-state index is 11.6. The van der Waals surface area contributed by atoms with Crippen LogP contribution in [0.1, 0.15) is 83.6 Å². The van der Waals surface area contributed by atoms with Crippen molar-refractivity contribution in [3.05, 3.63) is 35.9 Å². The van der Waals surface area contributed by atoms with Crippen molar-refractivity contribution in [3.8, 4) is 5.75 Å². The second-order valence-corrected chi connectivity index (χ2v) is 9.03. The molecule has 0 aliphatic rings. The molecule has 0 saturated heterocycles. The van der Waals surface area contributed by atoms with Gasteiger partial charge in [0, 0.05) is 12.2 Å². The number of hydrogen-bond donors (Lipinski definition) is 1. The zero-order valence-corrected chi connectivity index (χ0v) is 20.5. The van der Waals surface area contributed by atoms with Gasteiger partial charge in [-0.05, 0) is 19.4 Å². The molecule has 0 amide bonds. The smallest absolute Gasteiger partial charge is 0.416 e. The third kappa shape index (κ3) is 13.9. The van der Waals surface area contributed by atoms with E-state index in [4.69, 9.17) is 19.6 Å². The third-order valence-electron chi connectivity index (χ3n) is 5.01. The van der Waals surface area contributed by atoms with Crippen LogP contribution in [0.4, 0.5) is 0 Å². The van der Waals surface area contributed by atoms with Gasteiger partial charge in [-0.3, -0.25) is 0 Å². The molecule has 1 aromatic rings. The summed E-state index contributed by atoms with van der Waals surface area (Å²) in [5.41, 5.74) is 0.887. The van der Waals surface area contributed by atoms with Crippen LogP contribution in [0.5, 0.6) is 5.75 Å². The highest BCUT2D eigenvalue weighted by atomic mass is 32.3. The zero-order chi connectivity index (χ0) is 23.5. The molecular weight excluding hydrogens is 430 g/mol. The summed E-state index contributed by atoms with van der Waals surface area (Å²) in [6.45, 7) is 4.73. The van der Waals surface area contributed by atoms with Crippen molar-refractivity contribution in [1.82, 2.24) is 0 Å². The van der Waals surface area contributed by atoms with Crippen molar-refractivity contribution in [2.24, 2.45) is 5.90 Å². The van der Waals surface area contributed by atoms with E-state index in [9.17, 15) is 8.42 Å². The minimum atomic E-state index is -4.31. The van der Waals surface area contributed by atoms with Gasteiger partial charge in [0.2, 0.25) is 0 Å². The quantitative estimate of drug-likeness (QED) is 0.196. The van der Waals surface area contributed by atoms with E-state index in [1.165, 1.54) is 51.4 Å². The second kappa shape index (κ2) is 18.0. The SMILES string of the molecule is CC=Cc1ccccc1OCC(COCCCCCCCCCCCC)OS(=O)(=O)ON. The standard InChI is InChI=1S/C24H41NO6S/c1-3-5-6-7-8-9-10-11-12-15-19-28-20-23(30-32(26,27)31-25)21-29-24-18-14-13-17-22(24)16-4-2/h4,13-14,16-18,23H,3,5-12,15,19-21,25H2,1-2H3.